The molecule has 0 heterocycles. The maximum Gasteiger partial charge on any atom is 0.253 e. The van der Waals surface area contributed by atoms with Crippen LogP contribution in [0.4, 0.5) is 10.1 Å². The lowest BCUT2D eigenvalue weighted by atomic mass is 10.1. The van der Waals surface area contributed by atoms with Gasteiger partial charge in [0, 0.05) is 12.5 Å². The van der Waals surface area contributed by atoms with Crippen LogP contribution in [0.25, 0.3) is 0 Å². The van der Waals surface area contributed by atoms with Gasteiger partial charge in [0.2, 0.25) is 5.91 Å². The minimum absolute atomic E-state index is 0.0437. The zero-order chi connectivity index (χ0) is 23.2. The van der Waals surface area contributed by atoms with Crippen LogP contribution in [-0.2, 0) is 29.3 Å². The molecule has 170 valence electrons. The Morgan fingerprint density at radius 3 is 2.39 bits per heavy atom. The maximum atomic E-state index is 13.8. The summed E-state index contributed by atoms with van der Waals surface area (Å²) in [6.45, 7) is 3.25. The van der Waals surface area contributed by atoms with Crippen molar-refractivity contribution in [1.82, 2.24) is 5.32 Å². The van der Waals surface area contributed by atoms with Crippen LogP contribution in [0.1, 0.15) is 40.4 Å². The molecule has 2 atom stereocenters. The molecule has 6 heteroatoms. The van der Waals surface area contributed by atoms with Crippen molar-refractivity contribution in [2.75, 3.05) is 5.32 Å². The van der Waals surface area contributed by atoms with Crippen molar-refractivity contribution < 1.29 is 18.7 Å². The third-order valence-electron chi connectivity index (χ3n) is 5.76. The average Bonchev–Trinajstić information content (AvgIpc) is 3.56. The molecule has 1 saturated carbocycles. The van der Waals surface area contributed by atoms with Crippen molar-refractivity contribution in [3.8, 4) is 0 Å². The van der Waals surface area contributed by atoms with Gasteiger partial charge in [-0.05, 0) is 47.2 Å². The first-order valence-corrected chi connectivity index (χ1v) is 11.1. The molecule has 1 aliphatic rings. The normalized spacial score (nSPS) is 16.8. The summed E-state index contributed by atoms with van der Waals surface area (Å²) in [5.41, 5.74) is 3.43. The van der Waals surface area contributed by atoms with Gasteiger partial charge in [-0.2, -0.15) is 0 Å². The zero-order valence-corrected chi connectivity index (χ0v) is 18.5. The molecule has 1 aliphatic carbocycles. The fourth-order valence-corrected chi connectivity index (χ4v) is 3.69. The smallest absolute Gasteiger partial charge is 0.253 e. The first-order valence-electron chi connectivity index (χ1n) is 11.1. The highest BCUT2D eigenvalue weighted by Gasteiger charge is 2.39. The standard InChI is InChI=1S/C27H27FN2O3/c1-18-12-23(18)27(32)30-25-11-10-22(28)14-24(25)26(31)29-15-20-8-5-9-21(13-20)17-33-16-19-6-3-2-4-7-19/h2-11,13-14,18,23H,12,15-17H2,1H3,(H,29,31)(H,30,32). The van der Waals surface area contributed by atoms with Gasteiger partial charge in [0.25, 0.3) is 5.91 Å². The summed E-state index contributed by atoms with van der Waals surface area (Å²) in [6.07, 6.45) is 0.833. The number of nitrogens with one attached hydrogen (secondary N) is 2. The molecule has 4 rings (SSSR count). The molecule has 5 nitrogen and oxygen atoms in total. The predicted molar refractivity (Wildman–Crippen MR) is 125 cm³/mol. The van der Waals surface area contributed by atoms with Crippen LogP contribution in [0, 0.1) is 17.7 Å². The molecule has 1 fully saturated rings. The Morgan fingerprint density at radius 2 is 1.64 bits per heavy atom. The second-order valence-electron chi connectivity index (χ2n) is 8.48. The van der Waals surface area contributed by atoms with Gasteiger partial charge < -0.3 is 15.4 Å². The van der Waals surface area contributed by atoms with Crippen LogP contribution in [0.5, 0.6) is 0 Å². The molecule has 0 aliphatic heterocycles. The minimum atomic E-state index is -0.532. The fourth-order valence-electron chi connectivity index (χ4n) is 3.69. The van der Waals surface area contributed by atoms with Crippen LogP contribution in [0.15, 0.2) is 72.8 Å². The lowest BCUT2D eigenvalue weighted by molar-refractivity contribution is -0.117. The Morgan fingerprint density at radius 1 is 0.939 bits per heavy atom. The van der Waals surface area contributed by atoms with E-state index in [9.17, 15) is 14.0 Å². The van der Waals surface area contributed by atoms with Gasteiger partial charge in [0.15, 0.2) is 0 Å². The fraction of sp³-hybridized carbons (Fsp3) is 0.259. The second kappa shape index (κ2) is 10.4. The molecule has 0 spiro atoms. The first-order chi connectivity index (χ1) is 16.0. The quantitative estimate of drug-likeness (QED) is 0.482. The Bertz CT molecular complexity index is 1130. The van der Waals surface area contributed by atoms with Crippen molar-refractivity contribution in [2.24, 2.45) is 11.8 Å². The Balaban J connectivity index is 1.34. The molecule has 0 radical (unpaired) electrons. The van der Waals surface area contributed by atoms with E-state index in [0.29, 0.717) is 24.8 Å². The zero-order valence-electron chi connectivity index (χ0n) is 18.5. The summed E-state index contributed by atoms with van der Waals surface area (Å²) in [5, 5.41) is 5.59. The number of carbonyl (C=O) groups excluding carboxylic acids is 2. The van der Waals surface area contributed by atoms with Crippen molar-refractivity contribution in [2.45, 2.75) is 33.1 Å². The number of halogens is 1. The van der Waals surface area contributed by atoms with Gasteiger partial charge in [-0.15, -0.1) is 0 Å². The Labute approximate surface area is 193 Å². The maximum absolute atomic E-state index is 13.8. The summed E-state index contributed by atoms with van der Waals surface area (Å²) in [4.78, 5) is 25.1. The van der Waals surface area contributed by atoms with E-state index in [1.165, 1.54) is 12.1 Å². The highest BCUT2D eigenvalue weighted by atomic mass is 19.1. The van der Waals surface area contributed by atoms with Gasteiger partial charge in [-0.3, -0.25) is 9.59 Å². The molecular formula is C27H27FN2O3. The monoisotopic (exact) mass is 446 g/mol. The van der Waals surface area contributed by atoms with E-state index in [4.69, 9.17) is 4.74 Å². The number of ether oxygens (including phenoxy) is 1. The van der Waals surface area contributed by atoms with E-state index >= 15 is 0 Å². The number of hydrogen-bond donors (Lipinski definition) is 2. The minimum Gasteiger partial charge on any atom is -0.372 e. The summed E-state index contributed by atoms with van der Waals surface area (Å²) < 4.78 is 19.6. The van der Waals surface area contributed by atoms with Crippen molar-refractivity contribution in [3.05, 3.63) is 101 Å². The van der Waals surface area contributed by atoms with E-state index in [2.05, 4.69) is 10.6 Å². The van der Waals surface area contributed by atoms with Crippen LogP contribution in [0.3, 0.4) is 0 Å². The second-order valence-corrected chi connectivity index (χ2v) is 8.48. The summed E-state index contributed by atoms with van der Waals surface area (Å²) in [5.74, 6) is -0.814. The third-order valence-corrected chi connectivity index (χ3v) is 5.76. The lowest BCUT2D eigenvalue weighted by Crippen LogP contribution is -2.25. The highest BCUT2D eigenvalue weighted by Crippen LogP contribution is 2.38. The Kier molecular flexibility index (Phi) is 7.15. The number of benzene rings is 3. The molecule has 2 amide bonds. The van der Waals surface area contributed by atoms with E-state index in [0.717, 1.165) is 29.2 Å². The van der Waals surface area contributed by atoms with E-state index in [1.54, 1.807) is 0 Å². The van der Waals surface area contributed by atoms with Crippen molar-refractivity contribution in [1.29, 1.82) is 0 Å². The first kappa shape index (κ1) is 22.7. The molecule has 0 bridgehead atoms. The van der Waals surface area contributed by atoms with Crippen LogP contribution < -0.4 is 10.6 Å². The van der Waals surface area contributed by atoms with E-state index in [1.807, 2.05) is 61.5 Å². The average molecular weight is 447 g/mol. The number of hydrogen-bond acceptors (Lipinski definition) is 3. The lowest BCUT2D eigenvalue weighted by Gasteiger charge is -2.12. The largest absolute Gasteiger partial charge is 0.372 e. The molecule has 2 unspecified atom stereocenters. The molecule has 0 saturated heterocycles. The van der Waals surface area contributed by atoms with Gasteiger partial charge in [0.05, 0.1) is 24.5 Å². The number of amides is 2. The third kappa shape index (κ3) is 6.26. The molecular weight excluding hydrogens is 419 g/mol. The van der Waals surface area contributed by atoms with Gasteiger partial charge >= 0.3 is 0 Å². The van der Waals surface area contributed by atoms with Gasteiger partial charge in [-0.1, -0.05) is 61.5 Å². The van der Waals surface area contributed by atoms with E-state index in [-0.39, 0.29) is 23.9 Å². The SMILES string of the molecule is CC1CC1C(=O)Nc1ccc(F)cc1C(=O)NCc1cccc(COCc2ccccc2)c1. The predicted octanol–water partition coefficient (Wildman–Crippen LogP) is 5.07. The Hall–Kier alpha value is -3.51. The number of carbonyl (C=O) groups is 2. The molecule has 3 aromatic carbocycles. The van der Waals surface area contributed by atoms with Gasteiger partial charge in [-0.25, -0.2) is 4.39 Å². The molecule has 33 heavy (non-hydrogen) atoms. The van der Waals surface area contributed by atoms with Crippen LogP contribution in [-0.4, -0.2) is 11.8 Å². The number of anilines is 1. The highest BCUT2D eigenvalue weighted by molar-refractivity contribution is 6.04. The van der Waals surface area contributed by atoms with Crippen molar-refractivity contribution >= 4 is 17.5 Å². The molecule has 2 N–H and O–H groups in total. The van der Waals surface area contributed by atoms with Crippen molar-refractivity contribution in [3.63, 3.8) is 0 Å². The van der Waals surface area contributed by atoms with Crippen LogP contribution in [0.2, 0.25) is 0 Å². The topological polar surface area (TPSA) is 67.4 Å². The van der Waals surface area contributed by atoms with Gasteiger partial charge in [0.1, 0.15) is 5.82 Å². The van der Waals surface area contributed by atoms with E-state index < -0.39 is 11.7 Å². The number of rotatable bonds is 9. The van der Waals surface area contributed by atoms with Crippen LogP contribution >= 0.6 is 0 Å². The summed E-state index contributed by atoms with van der Waals surface area (Å²) in [7, 11) is 0. The molecule has 3 aromatic rings. The molecule has 0 aromatic heterocycles. The summed E-state index contributed by atoms with van der Waals surface area (Å²) >= 11 is 0. The summed E-state index contributed by atoms with van der Waals surface area (Å²) in [6, 6.07) is 21.5.